The Morgan fingerprint density at radius 1 is 1.12 bits per heavy atom. The van der Waals surface area contributed by atoms with Gasteiger partial charge in [-0.25, -0.2) is 0 Å². The molecule has 86 valence electrons. The van der Waals surface area contributed by atoms with Gasteiger partial charge in [-0.2, -0.15) is 0 Å². The maximum atomic E-state index is 11.1. The van der Waals surface area contributed by atoms with E-state index in [-0.39, 0.29) is 3.79 Å². The molecule has 0 radical (unpaired) electrons. The second-order valence-corrected chi connectivity index (χ2v) is 5.66. The summed E-state index contributed by atoms with van der Waals surface area (Å²) >= 11 is 1.84. The maximum Gasteiger partial charge on any atom is 0.222 e. The van der Waals surface area contributed by atoms with Gasteiger partial charge in [-0.1, -0.05) is 56.4 Å². The van der Waals surface area contributed by atoms with Gasteiger partial charge in [0.05, 0.1) is 0 Å². The van der Waals surface area contributed by atoms with Crippen LogP contribution in [-0.2, 0) is 6.42 Å². The molecule has 0 unspecified atom stereocenters. The zero-order chi connectivity index (χ0) is 11.4. The van der Waals surface area contributed by atoms with E-state index >= 15 is 0 Å². The van der Waals surface area contributed by atoms with E-state index < -0.39 is 0 Å². The summed E-state index contributed by atoms with van der Waals surface area (Å²) in [6.07, 6.45) is 8.17. The molecule has 16 heavy (non-hydrogen) atoms. The molecule has 1 aliphatic rings. The van der Waals surface area contributed by atoms with E-state index in [4.69, 9.17) is 0 Å². The minimum absolute atomic E-state index is 0.127. The van der Waals surface area contributed by atoms with Crippen LogP contribution < -0.4 is 0 Å². The average Bonchev–Trinajstić information content (AvgIpc) is 2.31. The molecule has 0 amide bonds. The first-order chi connectivity index (χ1) is 7.75. The molecule has 0 heterocycles. The zero-order valence-electron chi connectivity index (χ0n) is 9.42. The Morgan fingerprint density at radius 2 is 1.75 bits per heavy atom. The first kappa shape index (κ1) is 12.1. The van der Waals surface area contributed by atoms with Gasteiger partial charge in [0.25, 0.3) is 0 Å². The predicted octanol–water partition coefficient (Wildman–Crippen LogP) is 4.38. The smallest absolute Gasteiger partial charge is 0.222 e. The van der Waals surface area contributed by atoms with E-state index in [0.29, 0.717) is 0 Å². The molecule has 0 aromatic heterocycles. The van der Waals surface area contributed by atoms with Crippen LogP contribution >= 0.6 is 22.6 Å². The highest BCUT2D eigenvalue weighted by Gasteiger charge is 2.13. The molecule has 2 rings (SSSR count). The fourth-order valence-electron chi connectivity index (χ4n) is 2.50. The van der Waals surface area contributed by atoms with Crippen molar-refractivity contribution in [1.82, 2.24) is 0 Å². The minimum atomic E-state index is 0.127. The molecule has 0 spiro atoms. The SMILES string of the molecule is O=C(I)c1ccc(CC2CCCCC2)cc1. The Labute approximate surface area is 111 Å². The third-order valence-corrected chi connectivity index (χ3v) is 4.05. The van der Waals surface area contributed by atoms with Crippen LogP contribution in [0.4, 0.5) is 0 Å². The van der Waals surface area contributed by atoms with E-state index in [2.05, 4.69) is 12.1 Å². The molecule has 1 aromatic carbocycles. The van der Waals surface area contributed by atoms with Crippen molar-refractivity contribution in [2.75, 3.05) is 0 Å². The van der Waals surface area contributed by atoms with Crippen LogP contribution in [0.5, 0.6) is 0 Å². The molecule has 1 aromatic rings. The van der Waals surface area contributed by atoms with Gasteiger partial charge in [0.1, 0.15) is 0 Å². The monoisotopic (exact) mass is 328 g/mol. The summed E-state index contributed by atoms with van der Waals surface area (Å²) in [6.45, 7) is 0. The summed E-state index contributed by atoms with van der Waals surface area (Å²) < 4.78 is 0.127. The Balaban J connectivity index is 1.96. The lowest BCUT2D eigenvalue weighted by molar-refractivity contribution is 0.110. The number of hydrogen-bond acceptors (Lipinski definition) is 1. The third kappa shape index (κ3) is 3.30. The van der Waals surface area contributed by atoms with Crippen molar-refractivity contribution in [3.8, 4) is 0 Å². The predicted molar refractivity (Wildman–Crippen MR) is 75.1 cm³/mol. The van der Waals surface area contributed by atoms with Gasteiger partial charge in [0.2, 0.25) is 3.79 Å². The highest BCUT2D eigenvalue weighted by atomic mass is 127. The molecule has 2 heteroatoms. The van der Waals surface area contributed by atoms with E-state index in [9.17, 15) is 4.79 Å². The standard InChI is InChI=1S/C14H17IO/c15-14(16)13-8-6-12(7-9-13)10-11-4-2-1-3-5-11/h6-9,11H,1-5,10H2. The van der Waals surface area contributed by atoms with E-state index in [1.807, 2.05) is 34.7 Å². The highest BCUT2D eigenvalue weighted by molar-refractivity contribution is 14.1. The number of rotatable bonds is 3. The lowest BCUT2D eigenvalue weighted by Gasteiger charge is -2.21. The molecule has 0 aliphatic heterocycles. The molecule has 0 bridgehead atoms. The Morgan fingerprint density at radius 3 is 2.31 bits per heavy atom. The van der Waals surface area contributed by atoms with Crippen molar-refractivity contribution in [2.45, 2.75) is 38.5 Å². The minimum Gasteiger partial charge on any atom is -0.282 e. The highest BCUT2D eigenvalue weighted by Crippen LogP contribution is 2.26. The summed E-state index contributed by atoms with van der Waals surface area (Å²) in [5.41, 5.74) is 2.20. The molecular weight excluding hydrogens is 311 g/mol. The first-order valence-electron chi connectivity index (χ1n) is 6.04. The summed E-state index contributed by atoms with van der Waals surface area (Å²) in [6, 6.07) is 8.13. The number of halogens is 1. The zero-order valence-corrected chi connectivity index (χ0v) is 11.6. The van der Waals surface area contributed by atoms with Crippen molar-refractivity contribution >= 4 is 26.4 Å². The van der Waals surface area contributed by atoms with Gasteiger partial charge in [0.15, 0.2) is 0 Å². The largest absolute Gasteiger partial charge is 0.282 e. The molecule has 1 aliphatic carbocycles. The van der Waals surface area contributed by atoms with Gasteiger partial charge in [-0.05, 0) is 17.9 Å². The molecule has 0 saturated heterocycles. The van der Waals surface area contributed by atoms with Crippen LogP contribution in [0.15, 0.2) is 24.3 Å². The maximum absolute atomic E-state index is 11.1. The summed E-state index contributed by atoms with van der Waals surface area (Å²) in [5.74, 6) is 0.870. The van der Waals surface area contributed by atoms with E-state index in [0.717, 1.165) is 11.5 Å². The second-order valence-electron chi connectivity index (χ2n) is 4.68. The number of hydrogen-bond donors (Lipinski definition) is 0. The van der Waals surface area contributed by atoms with Crippen LogP contribution in [0.2, 0.25) is 0 Å². The lowest BCUT2D eigenvalue weighted by atomic mass is 9.85. The Bertz CT molecular complexity index is 350. The second kappa shape index (κ2) is 5.80. The molecule has 1 nitrogen and oxygen atoms in total. The van der Waals surface area contributed by atoms with Gasteiger partial charge < -0.3 is 0 Å². The molecule has 0 atom stereocenters. The quantitative estimate of drug-likeness (QED) is 0.594. The van der Waals surface area contributed by atoms with Crippen molar-refractivity contribution in [3.63, 3.8) is 0 Å². The molecular formula is C14H17IO. The summed E-state index contributed by atoms with van der Waals surface area (Å²) in [7, 11) is 0. The number of carbonyl (C=O) groups is 1. The van der Waals surface area contributed by atoms with Crippen molar-refractivity contribution < 1.29 is 4.79 Å². The Hall–Kier alpha value is -0.380. The summed E-state index contributed by atoms with van der Waals surface area (Å²) in [4.78, 5) is 11.1. The van der Waals surface area contributed by atoms with Crippen LogP contribution in [-0.4, -0.2) is 3.79 Å². The van der Waals surface area contributed by atoms with Crippen molar-refractivity contribution in [1.29, 1.82) is 0 Å². The average molecular weight is 328 g/mol. The van der Waals surface area contributed by atoms with Gasteiger partial charge >= 0.3 is 0 Å². The molecule has 1 saturated carbocycles. The fraction of sp³-hybridized carbons (Fsp3) is 0.500. The number of benzene rings is 1. The van der Waals surface area contributed by atoms with Crippen molar-refractivity contribution in [2.24, 2.45) is 5.92 Å². The van der Waals surface area contributed by atoms with Gasteiger partial charge in [-0.15, -0.1) is 0 Å². The topological polar surface area (TPSA) is 17.1 Å². The fourth-order valence-corrected chi connectivity index (χ4v) is 2.86. The summed E-state index contributed by atoms with van der Waals surface area (Å²) in [5, 5.41) is 0. The van der Waals surface area contributed by atoms with E-state index in [1.54, 1.807) is 0 Å². The first-order valence-corrected chi connectivity index (χ1v) is 7.12. The van der Waals surface area contributed by atoms with Crippen LogP contribution in [0.1, 0.15) is 48.0 Å². The molecule has 0 N–H and O–H groups in total. The lowest BCUT2D eigenvalue weighted by Crippen LogP contribution is -2.09. The number of carbonyl (C=O) groups excluding carboxylic acids is 1. The van der Waals surface area contributed by atoms with Gasteiger partial charge in [-0.3, -0.25) is 4.79 Å². The van der Waals surface area contributed by atoms with Gasteiger partial charge in [0, 0.05) is 28.2 Å². The Kier molecular flexibility index (Phi) is 4.38. The van der Waals surface area contributed by atoms with Crippen molar-refractivity contribution in [3.05, 3.63) is 35.4 Å². The normalized spacial score (nSPS) is 17.3. The van der Waals surface area contributed by atoms with Crippen LogP contribution in [0, 0.1) is 5.92 Å². The molecule has 1 fully saturated rings. The van der Waals surface area contributed by atoms with Crippen LogP contribution in [0.25, 0.3) is 0 Å². The third-order valence-electron chi connectivity index (χ3n) is 3.43. The van der Waals surface area contributed by atoms with E-state index in [1.165, 1.54) is 44.1 Å². The van der Waals surface area contributed by atoms with Crippen LogP contribution in [0.3, 0.4) is 0 Å².